The molecule has 0 atom stereocenters. The summed E-state index contributed by atoms with van der Waals surface area (Å²) in [4.78, 5) is 4.44. The molecule has 102 valence electrons. The van der Waals surface area contributed by atoms with Gasteiger partial charge in [-0.3, -0.25) is 0 Å². The molecule has 0 aliphatic carbocycles. The second-order valence-electron chi connectivity index (χ2n) is 6.06. The van der Waals surface area contributed by atoms with Crippen LogP contribution in [0.3, 0.4) is 0 Å². The van der Waals surface area contributed by atoms with Crippen LogP contribution in [0, 0.1) is 6.92 Å². The molecule has 1 N–H and O–H groups in total. The number of nitrogens with one attached hydrogen (secondary N) is 1. The van der Waals surface area contributed by atoms with E-state index in [-0.39, 0.29) is 5.54 Å². The van der Waals surface area contributed by atoms with E-state index >= 15 is 0 Å². The van der Waals surface area contributed by atoms with Crippen LogP contribution in [0.15, 0.2) is 36.7 Å². The van der Waals surface area contributed by atoms with Gasteiger partial charge < -0.3 is 9.88 Å². The van der Waals surface area contributed by atoms with Crippen LogP contribution in [0.2, 0.25) is 0 Å². The highest BCUT2D eigenvalue weighted by atomic mass is 15.1. The first-order chi connectivity index (χ1) is 8.94. The third kappa shape index (κ3) is 4.21. The minimum Gasteiger partial charge on any atom is -0.329 e. The minimum atomic E-state index is 0.111. The van der Waals surface area contributed by atoms with Gasteiger partial charge in [-0.2, -0.15) is 0 Å². The monoisotopic (exact) mass is 257 g/mol. The fourth-order valence-corrected chi connectivity index (χ4v) is 2.00. The van der Waals surface area contributed by atoms with Crippen molar-refractivity contribution >= 4 is 0 Å². The first-order valence-corrected chi connectivity index (χ1v) is 6.75. The predicted molar refractivity (Wildman–Crippen MR) is 79.1 cm³/mol. The first kappa shape index (κ1) is 13.8. The Balaban J connectivity index is 2.07. The molecule has 1 heterocycles. The topological polar surface area (TPSA) is 29.9 Å². The van der Waals surface area contributed by atoms with Crippen molar-refractivity contribution in [2.24, 2.45) is 0 Å². The zero-order valence-corrected chi connectivity index (χ0v) is 12.3. The molecule has 3 nitrogen and oxygen atoms in total. The summed E-state index contributed by atoms with van der Waals surface area (Å²) in [5.41, 5.74) is 2.72. The summed E-state index contributed by atoms with van der Waals surface area (Å²) in [5.74, 6) is 1.08. The van der Waals surface area contributed by atoms with E-state index in [1.807, 2.05) is 12.4 Å². The van der Waals surface area contributed by atoms with Gasteiger partial charge in [0, 0.05) is 24.5 Å². The number of hydrogen-bond donors (Lipinski definition) is 1. The largest absolute Gasteiger partial charge is 0.329 e. The zero-order chi connectivity index (χ0) is 13.9. The number of aryl methyl sites for hydroxylation is 1. The molecule has 3 heteroatoms. The molecule has 0 amide bonds. The van der Waals surface area contributed by atoms with E-state index < -0.39 is 0 Å². The standard InChI is InChI=1S/C16H23N3/c1-13-6-5-7-14(10-13)12-19-9-8-17-15(19)11-18-16(2,3)4/h5-10,18H,11-12H2,1-4H3. The molecule has 0 saturated carbocycles. The molecule has 1 aromatic heterocycles. The van der Waals surface area contributed by atoms with Crippen LogP contribution in [0.5, 0.6) is 0 Å². The molecule has 0 unspecified atom stereocenters. The summed E-state index contributed by atoms with van der Waals surface area (Å²) in [7, 11) is 0. The number of hydrogen-bond acceptors (Lipinski definition) is 2. The van der Waals surface area contributed by atoms with E-state index in [9.17, 15) is 0 Å². The van der Waals surface area contributed by atoms with Crippen LogP contribution in [-0.4, -0.2) is 15.1 Å². The summed E-state index contributed by atoms with van der Waals surface area (Å²) in [6.45, 7) is 10.3. The van der Waals surface area contributed by atoms with Crippen LogP contribution in [0.25, 0.3) is 0 Å². The van der Waals surface area contributed by atoms with Gasteiger partial charge in [0.25, 0.3) is 0 Å². The Bertz CT molecular complexity index is 535. The fourth-order valence-electron chi connectivity index (χ4n) is 2.00. The molecule has 0 bridgehead atoms. The second-order valence-corrected chi connectivity index (χ2v) is 6.06. The van der Waals surface area contributed by atoms with Crippen LogP contribution in [0.4, 0.5) is 0 Å². The summed E-state index contributed by atoms with van der Waals surface area (Å²) < 4.78 is 2.20. The van der Waals surface area contributed by atoms with E-state index in [2.05, 4.69) is 66.8 Å². The number of aromatic nitrogens is 2. The fraction of sp³-hybridized carbons (Fsp3) is 0.438. The molecular weight excluding hydrogens is 234 g/mol. The van der Waals surface area contributed by atoms with Gasteiger partial charge in [-0.15, -0.1) is 0 Å². The first-order valence-electron chi connectivity index (χ1n) is 6.75. The van der Waals surface area contributed by atoms with Crippen molar-refractivity contribution in [1.29, 1.82) is 0 Å². The van der Waals surface area contributed by atoms with Gasteiger partial charge >= 0.3 is 0 Å². The van der Waals surface area contributed by atoms with E-state index in [0.29, 0.717) is 0 Å². The maximum absolute atomic E-state index is 4.44. The molecule has 0 fully saturated rings. The maximum Gasteiger partial charge on any atom is 0.122 e. The lowest BCUT2D eigenvalue weighted by Crippen LogP contribution is -2.36. The van der Waals surface area contributed by atoms with Crippen LogP contribution < -0.4 is 5.32 Å². The van der Waals surface area contributed by atoms with Gasteiger partial charge in [0.15, 0.2) is 0 Å². The van der Waals surface area contributed by atoms with Crippen molar-refractivity contribution in [2.75, 3.05) is 0 Å². The summed E-state index contributed by atoms with van der Waals surface area (Å²) in [6.07, 6.45) is 3.91. The van der Waals surface area contributed by atoms with Gasteiger partial charge in [0.1, 0.15) is 5.82 Å². The van der Waals surface area contributed by atoms with Crippen molar-refractivity contribution < 1.29 is 0 Å². The maximum atomic E-state index is 4.44. The zero-order valence-electron chi connectivity index (χ0n) is 12.3. The van der Waals surface area contributed by atoms with Crippen molar-refractivity contribution in [1.82, 2.24) is 14.9 Å². The van der Waals surface area contributed by atoms with Gasteiger partial charge in [-0.1, -0.05) is 29.8 Å². The lowest BCUT2D eigenvalue weighted by atomic mass is 10.1. The Labute approximate surface area is 115 Å². The van der Waals surface area contributed by atoms with Crippen LogP contribution in [0.1, 0.15) is 37.7 Å². The highest BCUT2D eigenvalue weighted by Crippen LogP contribution is 2.09. The normalized spacial score (nSPS) is 11.8. The molecule has 0 aliphatic heterocycles. The second kappa shape index (κ2) is 5.57. The Morgan fingerprint density at radius 2 is 2.05 bits per heavy atom. The molecule has 1 aromatic carbocycles. The van der Waals surface area contributed by atoms with Crippen molar-refractivity contribution in [3.05, 3.63) is 53.6 Å². The highest BCUT2D eigenvalue weighted by Gasteiger charge is 2.11. The van der Waals surface area contributed by atoms with Gasteiger partial charge in [0.05, 0.1) is 6.54 Å². The van der Waals surface area contributed by atoms with E-state index in [4.69, 9.17) is 0 Å². The molecule has 0 spiro atoms. The third-order valence-corrected chi connectivity index (χ3v) is 3.01. The molecule has 2 rings (SSSR count). The van der Waals surface area contributed by atoms with E-state index in [1.165, 1.54) is 11.1 Å². The average Bonchev–Trinajstić information content (AvgIpc) is 2.73. The molecule has 0 saturated heterocycles. The smallest absolute Gasteiger partial charge is 0.122 e. The highest BCUT2D eigenvalue weighted by molar-refractivity contribution is 5.22. The number of imidazole rings is 1. The minimum absolute atomic E-state index is 0.111. The molecule has 0 radical (unpaired) electrons. The van der Waals surface area contributed by atoms with Gasteiger partial charge in [0.2, 0.25) is 0 Å². The predicted octanol–water partition coefficient (Wildman–Crippen LogP) is 3.13. The number of rotatable bonds is 4. The number of nitrogens with zero attached hydrogens (tertiary/aromatic N) is 2. The number of benzene rings is 1. The van der Waals surface area contributed by atoms with Crippen LogP contribution in [-0.2, 0) is 13.1 Å². The van der Waals surface area contributed by atoms with E-state index in [1.54, 1.807) is 0 Å². The van der Waals surface area contributed by atoms with Crippen molar-refractivity contribution in [2.45, 2.75) is 46.3 Å². The Morgan fingerprint density at radius 1 is 1.26 bits per heavy atom. The van der Waals surface area contributed by atoms with Crippen molar-refractivity contribution in [3.63, 3.8) is 0 Å². The quantitative estimate of drug-likeness (QED) is 0.912. The Kier molecular flexibility index (Phi) is 4.05. The van der Waals surface area contributed by atoms with Gasteiger partial charge in [-0.25, -0.2) is 4.98 Å². The Morgan fingerprint density at radius 3 is 2.74 bits per heavy atom. The van der Waals surface area contributed by atoms with E-state index in [0.717, 1.165) is 18.9 Å². The molecule has 19 heavy (non-hydrogen) atoms. The SMILES string of the molecule is Cc1cccc(Cn2ccnc2CNC(C)(C)C)c1. The summed E-state index contributed by atoms with van der Waals surface area (Å²) >= 11 is 0. The van der Waals surface area contributed by atoms with Gasteiger partial charge in [-0.05, 0) is 33.3 Å². The summed E-state index contributed by atoms with van der Waals surface area (Å²) in [5, 5.41) is 3.48. The van der Waals surface area contributed by atoms with Crippen LogP contribution >= 0.6 is 0 Å². The third-order valence-electron chi connectivity index (χ3n) is 3.01. The molecular formula is C16H23N3. The molecule has 0 aliphatic rings. The lowest BCUT2D eigenvalue weighted by molar-refractivity contribution is 0.413. The average molecular weight is 257 g/mol. The van der Waals surface area contributed by atoms with Crippen molar-refractivity contribution in [3.8, 4) is 0 Å². The lowest BCUT2D eigenvalue weighted by Gasteiger charge is -2.20. The summed E-state index contributed by atoms with van der Waals surface area (Å²) in [6, 6.07) is 8.61. The molecule has 2 aromatic rings. The Hall–Kier alpha value is -1.61.